The van der Waals surface area contributed by atoms with Gasteiger partial charge in [-0.3, -0.25) is 0 Å². The smallest absolute Gasteiger partial charge is 0.0544 e. The van der Waals surface area contributed by atoms with Crippen LogP contribution < -0.4 is 22.1 Å². The molecule has 0 saturated heterocycles. The molecule has 0 heterocycles. The number of hydrogen-bond donors (Lipinski definition) is 4. The second kappa shape index (κ2) is 8.44. The van der Waals surface area contributed by atoms with Crippen molar-refractivity contribution >= 4 is 0 Å². The summed E-state index contributed by atoms with van der Waals surface area (Å²) in [7, 11) is 1.87. The molecular formula is C9H24N4. The predicted molar refractivity (Wildman–Crippen MR) is 57.4 cm³/mol. The van der Waals surface area contributed by atoms with Gasteiger partial charge in [-0.1, -0.05) is 6.92 Å². The molecule has 0 aromatic rings. The fourth-order valence-corrected chi connectivity index (χ4v) is 1.15. The molecule has 0 saturated carbocycles. The van der Waals surface area contributed by atoms with Gasteiger partial charge in [-0.15, -0.1) is 0 Å². The Morgan fingerprint density at radius 1 is 1.15 bits per heavy atom. The van der Waals surface area contributed by atoms with E-state index >= 15 is 0 Å². The Labute approximate surface area is 81.4 Å². The molecule has 2 atom stereocenters. The van der Waals surface area contributed by atoms with E-state index < -0.39 is 0 Å². The first kappa shape index (κ1) is 12.8. The Balaban J connectivity index is 3.24. The molecule has 0 rings (SSSR count). The number of rotatable bonds is 8. The molecule has 80 valence electrons. The third-order valence-corrected chi connectivity index (χ3v) is 2.16. The quantitative estimate of drug-likeness (QED) is 0.309. The first-order chi connectivity index (χ1) is 6.20. The summed E-state index contributed by atoms with van der Waals surface area (Å²) in [6, 6.07) is 0.276. The summed E-state index contributed by atoms with van der Waals surface area (Å²) in [4.78, 5) is 0. The molecule has 4 nitrogen and oxygen atoms in total. The van der Waals surface area contributed by atoms with E-state index in [1.807, 2.05) is 7.05 Å². The van der Waals surface area contributed by atoms with Crippen molar-refractivity contribution in [1.29, 1.82) is 0 Å². The molecule has 0 aliphatic carbocycles. The first-order valence-corrected chi connectivity index (χ1v) is 5.09. The van der Waals surface area contributed by atoms with Crippen LogP contribution in [0.1, 0.15) is 26.2 Å². The zero-order valence-electron chi connectivity index (χ0n) is 8.84. The summed E-state index contributed by atoms with van der Waals surface area (Å²) in [6.07, 6.45) is 3.06. The van der Waals surface area contributed by atoms with Crippen LogP contribution in [0.15, 0.2) is 0 Å². The average molecular weight is 188 g/mol. The number of nitrogens with two attached hydrogens (primary N) is 2. The molecule has 0 aromatic carbocycles. The van der Waals surface area contributed by atoms with Crippen LogP contribution in [0.25, 0.3) is 0 Å². The maximum Gasteiger partial charge on any atom is 0.0544 e. The van der Waals surface area contributed by atoms with Gasteiger partial charge in [0.2, 0.25) is 0 Å². The fraction of sp³-hybridized carbons (Fsp3) is 1.00. The van der Waals surface area contributed by atoms with Gasteiger partial charge in [-0.05, 0) is 39.4 Å². The lowest BCUT2D eigenvalue weighted by atomic mass is 10.1. The molecule has 0 radical (unpaired) electrons. The Morgan fingerprint density at radius 2 is 1.85 bits per heavy atom. The largest absolute Gasteiger partial charge is 0.328 e. The maximum atomic E-state index is 5.89. The van der Waals surface area contributed by atoms with Crippen LogP contribution in [-0.2, 0) is 0 Å². The monoisotopic (exact) mass is 188 g/mol. The van der Waals surface area contributed by atoms with Crippen LogP contribution in [0, 0.1) is 0 Å². The summed E-state index contributed by atoms with van der Waals surface area (Å²) in [5, 5.41) is 6.25. The minimum absolute atomic E-state index is 0.0881. The highest BCUT2D eigenvalue weighted by Crippen LogP contribution is 1.99. The van der Waals surface area contributed by atoms with Crippen molar-refractivity contribution in [3.05, 3.63) is 0 Å². The Kier molecular flexibility index (Phi) is 8.33. The molecule has 0 amide bonds. The van der Waals surface area contributed by atoms with Crippen molar-refractivity contribution in [2.45, 2.75) is 38.4 Å². The van der Waals surface area contributed by atoms with Crippen molar-refractivity contribution < 1.29 is 0 Å². The summed E-state index contributed by atoms with van der Waals surface area (Å²) < 4.78 is 0. The van der Waals surface area contributed by atoms with Crippen molar-refractivity contribution in [2.24, 2.45) is 11.5 Å². The zero-order chi connectivity index (χ0) is 10.1. The van der Waals surface area contributed by atoms with Gasteiger partial charge in [-0.2, -0.15) is 0 Å². The van der Waals surface area contributed by atoms with Gasteiger partial charge in [-0.25, -0.2) is 0 Å². The lowest BCUT2D eigenvalue weighted by Gasteiger charge is -2.14. The van der Waals surface area contributed by atoms with Crippen LogP contribution in [0.3, 0.4) is 0 Å². The summed E-state index contributed by atoms with van der Waals surface area (Å²) in [5.41, 5.74) is 11.6. The van der Waals surface area contributed by atoms with Gasteiger partial charge in [0, 0.05) is 6.04 Å². The van der Waals surface area contributed by atoms with E-state index in [1.54, 1.807) is 0 Å². The first-order valence-electron chi connectivity index (χ1n) is 5.09. The summed E-state index contributed by atoms with van der Waals surface area (Å²) >= 11 is 0. The Bertz CT molecular complexity index is 108. The van der Waals surface area contributed by atoms with Crippen molar-refractivity contribution in [3.63, 3.8) is 0 Å². The van der Waals surface area contributed by atoms with Crippen LogP contribution in [0.5, 0.6) is 0 Å². The van der Waals surface area contributed by atoms with E-state index in [0.29, 0.717) is 0 Å². The van der Waals surface area contributed by atoms with Crippen LogP contribution in [0.2, 0.25) is 0 Å². The highest BCUT2D eigenvalue weighted by atomic mass is 15.0. The van der Waals surface area contributed by atoms with E-state index in [-0.39, 0.29) is 12.2 Å². The minimum Gasteiger partial charge on any atom is -0.328 e. The second-order valence-corrected chi connectivity index (χ2v) is 3.37. The summed E-state index contributed by atoms with van der Waals surface area (Å²) in [6.45, 7) is 4.12. The van der Waals surface area contributed by atoms with Gasteiger partial charge in [0.25, 0.3) is 0 Å². The molecule has 4 heteroatoms. The lowest BCUT2D eigenvalue weighted by molar-refractivity contribution is 0.459. The standard InChI is InChI=1S/C9H24N4/c1-3-13-7-6-8(10)4-5-9(11)12-2/h8-9,12-13H,3-7,10-11H2,1-2H3. The molecule has 0 fully saturated rings. The van der Waals surface area contributed by atoms with Crippen LogP contribution in [0.4, 0.5) is 0 Å². The number of hydrogen-bond acceptors (Lipinski definition) is 4. The third kappa shape index (κ3) is 8.18. The third-order valence-electron chi connectivity index (χ3n) is 2.16. The van der Waals surface area contributed by atoms with E-state index in [0.717, 1.165) is 32.4 Å². The second-order valence-electron chi connectivity index (χ2n) is 3.37. The number of nitrogens with one attached hydrogen (secondary N) is 2. The van der Waals surface area contributed by atoms with E-state index in [1.165, 1.54) is 0 Å². The lowest BCUT2D eigenvalue weighted by Crippen LogP contribution is -2.36. The molecule has 2 unspecified atom stereocenters. The SMILES string of the molecule is CCNCCC(N)CCC(N)NC. The van der Waals surface area contributed by atoms with E-state index in [4.69, 9.17) is 11.5 Å². The highest BCUT2D eigenvalue weighted by molar-refractivity contribution is 4.66. The topological polar surface area (TPSA) is 76.1 Å². The molecule has 13 heavy (non-hydrogen) atoms. The molecule has 0 aliphatic rings. The van der Waals surface area contributed by atoms with Gasteiger partial charge in [0.15, 0.2) is 0 Å². The normalized spacial score (nSPS) is 15.7. The Morgan fingerprint density at radius 3 is 2.38 bits per heavy atom. The zero-order valence-corrected chi connectivity index (χ0v) is 8.84. The van der Waals surface area contributed by atoms with Crippen molar-refractivity contribution in [1.82, 2.24) is 10.6 Å². The minimum atomic E-state index is 0.0881. The van der Waals surface area contributed by atoms with E-state index in [2.05, 4.69) is 17.6 Å². The van der Waals surface area contributed by atoms with Gasteiger partial charge in [0.1, 0.15) is 0 Å². The molecule has 0 aliphatic heterocycles. The molecule has 6 N–H and O–H groups in total. The Hall–Kier alpha value is -0.160. The predicted octanol–water partition coefficient (Wildman–Crippen LogP) is -0.402. The van der Waals surface area contributed by atoms with Crippen molar-refractivity contribution in [3.8, 4) is 0 Å². The van der Waals surface area contributed by atoms with Gasteiger partial charge in [0.05, 0.1) is 6.17 Å². The van der Waals surface area contributed by atoms with Crippen LogP contribution >= 0.6 is 0 Å². The summed E-state index contributed by atoms with van der Waals surface area (Å²) in [5.74, 6) is 0. The molecule has 0 spiro atoms. The van der Waals surface area contributed by atoms with Gasteiger partial charge >= 0.3 is 0 Å². The van der Waals surface area contributed by atoms with E-state index in [9.17, 15) is 0 Å². The van der Waals surface area contributed by atoms with Crippen molar-refractivity contribution in [2.75, 3.05) is 20.1 Å². The maximum absolute atomic E-state index is 5.89. The molecule has 0 aromatic heterocycles. The fourth-order valence-electron chi connectivity index (χ4n) is 1.15. The molecular weight excluding hydrogens is 164 g/mol. The molecule has 0 bridgehead atoms. The van der Waals surface area contributed by atoms with Crippen LogP contribution in [-0.4, -0.2) is 32.3 Å². The van der Waals surface area contributed by atoms with Gasteiger partial charge < -0.3 is 22.1 Å². The highest BCUT2D eigenvalue weighted by Gasteiger charge is 2.04. The average Bonchev–Trinajstić information content (AvgIpc) is 2.14.